The summed E-state index contributed by atoms with van der Waals surface area (Å²) >= 11 is 11.7. The molecule has 0 aromatic heterocycles. The van der Waals surface area contributed by atoms with E-state index >= 15 is 0 Å². The number of carbonyl (C=O) groups is 1. The Morgan fingerprint density at radius 1 is 1.40 bits per heavy atom. The maximum absolute atomic E-state index is 13.9. The summed E-state index contributed by atoms with van der Waals surface area (Å²) in [6.07, 6.45) is -1.17. The lowest BCUT2D eigenvalue weighted by atomic mass is 10.0. The molecule has 20 heavy (non-hydrogen) atoms. The maximum atomic E-state index is 13.9. The molecule has 0 bridgehead atoms. The first-order chi connectivity index (χ1) is 9.41. The summed E-state index contributed by atoms with van der Waals surface area (Å²) in [5, 5.41) is -0.876. The number of nitrogens with zero attached hydrogens (tertiary/aromatic N) is 1. The molecule has 7 heteroatoms. The molecule has 1 aromatic rings. The topological polar surface area (TPSA) is 20.3 Å². The monoisotopic (exact) mass is 323 g/mol. The van der Waals surface area contributed by atoms with Gasteiger partial charge in [0.2, 0.25) is 5.91 Å². The fourth-order valence-corrected chi connectivity index (χ4v) is 2.49. The molecule has 0 saturated heterocycles. The Bertz CT molecular complexity index is 542. The Hall–Kier alpha value is -1.20. The fourth-order valence-electron chi connectivity index (χ4n) is 2.02. The lowest BCUT2D eigenvalue weighted by Gasteiger charge is -2.31. The van der Waals surface area contributed by atoms with E-state index in [1.165, 1.54) is 18.2 Å². The van der Waals surface area contributed by atoms with Crippen molar-refractivity contribution >= 4 is 34.8 Å². The predicted molar refractivity (Wildman–Crippen MR) is 71.4 cm³/mol. The van der Waals surface area contributed by atoms with Crippen LogP contribution in [0.3, 0.4) is 0 Å². The number of halogens is 5. The number of hydrogen-bond acceptors (Lipinski definition) is 1. The molecule has 0 fully saturated rings. The molecule has 108 valence electrons. The molecule has 1 atom stereocenters. The van der Waals surface area contributed by atoms with Crippen LogP contribution in [0.15, 0.2) is 24.3 Å². The van der Waals surface area contributed by atoms with Gasteiger partial charge in [-0.3, -0.25) is 4.79 Å². The Balaban J connectivity index is 2.49. The summed E-state index contributed by atoms with van der Waals surface area (Å²) in [4.78, 5) is 12.7. The van der Waals surface area contributed by atoms with Gasteiger partial charge < -0.3 is 4.90 Å². The Morgan fingerprint density at radius 3 is 2.70 bits per heavy atom. The molecule has 0 spiro atoms. The highest BCUT2D eigenvalue weighted by molar-refractivity contribution is 6.33. The third kappa shape index (κ3) is 2.94. The van der Waals surface area contributed by atoms with Gasteiger partial charge in [0.05, 0.1) is 22.8 Å². The van der Waals surface area contributed by atoms with Crippen molar-refractivity contribution in [2.24, 2.45) is 0 Å². The maximum Gasteiger partial charge on any atom is 0.256 e. The molecular weight excluding hydrogens is 314 g/mol. The smallest absolute Gasteiger partial charge is 0.256 e. The van der Waals surface area contributed by atoms with Crippen LogP contribution < -0.4 is 0 Å². The van der Waals surface area contributed by atoms with E-state index in [1.54, 1.807) is 0 Å². The second-order valence-corrected chi connectivity index (χ2v) is 5.16. The zero-order valence-electron chi connectivity index (χ0n) is 10.1. The molecule has 0 radical (unpaired) electrons. The molecule has 1 unspecified atom stereocenters. The van der Waals surface area contributed by atoms with Gasteiger partial charge in [0.1, 0.15) is 11.2 Å². The average Bonchev–Trinajstić information content (AvgIpc) is 2.37. The van der Waals surface area contributed by atoms with Gasteiger partial charge in [0, 0.05) is 0 Å². The van der Waals surface area contributed by atoms with Crippen LogP contribution in [-0.2, 0) is 4.79 Å². The molecular formula is C13H10Cl2F3NO. The van der Waals surface area contributed by atoms with E-state index in [-0.39, 0.29) is 22.7 Å². The molecule has 1 aliphatic heterocycles. The van der Waals surface area contributed by atoms with Gasteiger partial charge in [-0.25, -0.2) is 13.2 Å². The second-order valence-electron chi connectivity index (χ2n) is 4.23. The Morgan fingerprint density at radius 2 is 2.10 bits per heavy atom. The SMILES string of the molecule is O=C1C(Cl)CC=C(c2c(F)cccc2Cl)N1CC(F)F. The molecule has 0 aliphatic carbocycles. The summed E-state index contributed by atoms with van der Waals surface area (Å²) in [6.45, 7) is -0.849. The summed E-state index contributed by atoms with van der Waals surface area (Å²) in [5.74, 6) is -1.35. The Kier molecular flexibility index (Phi) is 4.60. The normalized spacial score (nSPS) is 19.5. The molecule has 1 aliphatic rings. The lowest BCUT2D eigenvalue weighted by molar-refractivity contribution is -0.129. The van der Waals surface area contributed by atoms with Gasteiger partial charge in [0.15, 0.2) is 0 Å². The van der Waals surface area contributed by atoms with E-state index in [1.807, 2.05) is 0 Å². The number of amides is 1. The van der Waals surface area contributed by atoms with Crippen molar-refractivity contribution in [2.45, 2.75) is 18.2 Å². The van der Waals surface area contributed by atoms with E-state index < -0.39 is 30.1 Å². The fraction of sp³-hybridized carbons (Fsp3) is 0.308. The standard InChI is InChI=1S/C13H10Cl2F3NO/c14-7-2-1-3-9(16)12(7)10-5-4-8(15)13(20)19(10)6-11(17)18/h1-3,5,8,11H,4,6H2. The van der Waals surface area contributed by atoms with Crippen LogP contribution in [0.2, 0.25) is 5.02 Å². The average molecular weight is 324 g/mol. The highest BCUT2D eigenvalue weighted by Gasteiger charge is 2.33. The van der Waals surface area contributed by atoms with Gasteiger partial charge in [-0.05, 0) is 18.6 Å². The van der Waals surface area contributed by atoms with Crippen LogP contribution in [0.4, 0.5) is 13.2 Å². The molecule has 1 heterocycles. The first kappa shape index (κ1) is 15.2. The largest absolute Gasteiger partial charge is 0.305 e. The number of allylic oxidation sites excluding steroid dienone is 1. The quantitative estimate of drug-likeness (QED) is 0.772. The van der Waals surface area contributed by atoms with Gasteiger partial charge in [-0.15, -0.1) is 11.6 Å². The van der Waals surface area contributed by atoms with Crippen molar-refractivity contribution in [3.05, 3.63) is 40.7 Å². The highest BCUT2D eigenvalue weighted by Crippen LogP contribution is 2.34. The number of hydrogen-bond donors (Lipinski definition) is 0. The summed E-state index contributed by atoms with van der Waals surface area (Å²) in [7, 11) is 0. The number of rotatable bonds is 3. The molecule has 1 amide bonds. The van der Waals surface area contributed by atoms with Crippen molar-refractivity contribution in [3.63, 3.8) is 0 Å². The van der Waals surface area contributed by atoms with Gasteiger partial charge in [-0.1, -0.05) is 23.7 Å². The number of alkyl halides is 3. The summed E-state index contributed by atoms with van der Waals surface area (Å²) in [5.41, 5.74) is -0.0259. The third-order valence-corrected chi connectivity index (χ3v) is 3.56. The second kappa shape index (κ2) is 6.06. The summed E-state index contributed by atoms with van der Waals surface area (Å²) in [6, 6.07) is 3.98. The van der Waals surface area contributed by atoms with Gasteiger partial charge in [-0.2, -0.15) is 0 Å². The van der Waals surface area contributed by atoms with Crippen molar-refractivity contribution in [1.82, 2.24) is 4.90 Å². The number of benzene rings is 1. The van der Waals surface area contributed by atoms with E-state index in [9.17, 15) is 18.0 Å². The van der Waals surface area contributed by atoms with E-state index in [0.717, 1.165) is 11.0 Å². The zero-order valence-corrected chi connectivity index (χ0v) is 11.6. The molecule has 2 nitrogen and oxygen atoms in total. The minimum Gasteiger partial charge on any atom is -0.305 e. The van der Waals surface area contributed by atoms with Crippen LogP contribution in [0.25, 0.3) is 5.70 Å². The lowest BCUT2D eigenvalue weighted by Crippen LogP contribution is -2.41. The minimum atomic E-state index is -2.75. The van der Waals surface area contributed by atoms with Crippen LogP contribution in [0.1, 0.15) is 12.0 Å². The predicted octanol–water partition coefficient (Wildman–Crippen LogP) is 3.92. The van der Waals surface area contributed by atoms with Crippen LogP contribution in [0.5, 0.6) is 0 Å². The molecule has 0 N–H and O–H groups in total. The molecule has 2 rings (SSSR count). The first-order valence-corrected chi connectivity index (χ1v) is 6.61. The van der Waals surface area contributed by atoms with E-state index in [2.05, 4.69) is 0 Å². The van der Waals surface area contributed by atoms with Crippen molar-refractivity contribution in [1.29, 1.82) is 0 Å². The van der Waals surface area contributed by atoms with Crippen LogP contribution in [0, 0.1) is 5.82 Å². The van der Waals surface area contributed by atoms with Crippen LogP contribution in [-0.4, -0.2) is 29.2 Å². The molecule has 0 saturated carbocycles. The minimum absolute atomic E-state index is 0.0373. The zero-order chi connectivity index (χ0) is 14.9. The van der Waals surface area contributed by atoms with Gasteiger partial charge in [0.25, 0.3) is 6.43 Å². The van der Waals surface area contributed by atoms with E-state index in [4.69, 9.17) is 23.2 Å². The summed E-state index contributed by atoms with van der Waals surface area (Å²) < 4.78 is 39.1. The van der Waals surface area contributed by atoms with Crippen LogP contribution >= 0.6 is 23.2 Å². The highest BCUT2D eigenvalue weighted by atomic mass is 35.5. The van der Waals surface area contributed by atoms with Gasteiger partial charge >= 0.3 is 0 Å². The number of carbonyl (C=O) groups excluding carboxylic acids is 1. The van der Waals surface area contributed by atoms with Crippen molar-refractivity contribution < 1.29 is 18.0 Å². The molecule has 1 aromatic carbocycles. The first-order valence-electron chi connectivity index (χ1n) is 5.80. The van der Waals surface area contributed by atoms with Crippen molar-refractivity contribution in [2.75, 3.05) is 6.54 Å². The van der Waals surface area contributed by atoms with Crippen molar-refractivity contribution in [3.8, 4) is 0 Å². The van der Waals surface area contributed by atoms with E-state index in [0.29, 0.717) is 0 Å². The Labute approximate surface area is 123 Å². The third-order valence-electron chi connectivity index (χ3n) is 2.88.